The Morgan fingerprint density at radius 3 is 2.34 bits per heavy atom. The third-order valence-electron chi connectivity index (χ3n) is 5.55. The summed E-state index contributed by atoms with van der Waals surface area (Å²) in [5.41, 5.74) is 3.71. The molecule has 0 saturated heterocycles. The predicted octanol–water partition coefficient (Wildman–Crippen LogP) is 4.31. The van der Waals surface area contributed by atoms with Gasteiger partial charge in [-0.3, -0.25) is 9.89 Å². The lowest BCUT2D eigenvalue weighted by Gasteiger charge is -2.17. The highest BCUT2D eigenvalue weighted by molar-refractivity contribution is 6.02. The van der Waals surface area contributed by atoms with Gasteiger partial charge in [-0.05, 0) is 41.3 Å². The number of carbonyl (C=O) groups is 2. The van der Waals surface area contributed by atoms with E-state index in [-0.39, 0.29) is 30.5 Å². The summed E-state index contributed by atoms with van der Waals surface area (Å²) in [6.45, 7) is 4.26. The molecular weight excluding hydrogens is 448 g/mol. The molecule has 9 heteroatoms. The zero-order valence-electron chi connectivity index (χ0n) is 20.4. The van der Waals surface area contributed by atoms with Gasteiger partial charge in [0.2, 0.25) is 0 Å². The molecule has 0 radical (unpaired) electrons. The molecule has 1 aromatic heterocycles. The van der Waals surface area contributed by atoms with Gasteiger partial charge in [0.15, 0.2) is 5.69 Å². The molecule has 0 unspecified atom stereocenters. The van der Waals surface area contributed by atoms with Crippen molar-refractivity contribution in [1.29, 1.82) is 5.26 Å². The van der Waals surface area contributed by atoms with Crippen molar-refractivity contribution >= 4 is 11.9 Å². The van der Waals surface area contributed by atoms with E-state index in [2.05, 4.69) is 15.5 Å². The Labute approximate surface area is 204 Å². The number of esters is 1. The minimum atomic E-state index is -0.583. The number of H-pyrrole nitrogens is 1. The normalized spacial score (nSPS) is 10.5. The van der Waals surface area contributed by atoms with Crippen molar-refractivity contribution in [2.45, 2.75) is 26.2 Å². The first-order valence-electron chi connectivity index (χ1n) is 11.0. The van der Waals surface area contributed by atoms with Gasteiger partial charge in [-0.15, -0.1) is 0 Å². The second-order valence-electron chi connectivity index (χ2n) is 7.97. The molecule has 0 aliphatic carbocycles. The molecular formula is C26H28N4O5. The van der Waals surface area contributed by atoms with Crippen molar-refractivity contribution < 1.29 is 23.8 Å². The first-order valence-corrected chi connectivity index (χ1v) is 11.0. The Kier molecular flexibility index (Phi) is 8.10. The lowest BCUT2D eigenvalue weighted by molar-refractivity contribution is 0.0594. The molecule has 0 fully saturated rings. The van der Waals surface area contributed by atoms with Crippen molar-refractivity contribution in [1.82, 2.24) is 15.5 Å². The first kappa shape index (κ1) is 25.3. The minimum Gasteiger partial charge on any atom is -0.496 e. The van der Waals surface area contributed by atoms with Crippen LogP contribution in [0.2, 0.25) is 0 Å². The standard InChI is InChI=1S/C26H28N4O5/c1-15(2)18-14-16(25(31)28-13-7-12-27)10-11-17(18)21-23(29-30-24(21)26(32)35-5)22-19(33-3)8-6-9-20(22)34-4/h6,8-11,14-15H,7,13H2,1-5H3,(H,28,31)(H,29,30). The Hall–Kier alpha value is -4.32. The number of ether oxygens (including phenoxy) is 3. The number of aromatic nitrogens is 2. The van der Waals surface area contributed by atoms with Crippen LogP contribution in [0, 0.1) is 11.3 Å². The summed E-state index contributed by atoms with van der Waals surface area (Å²) in [5.74, 6) is 0.187. The van der Waals surface area contributed by atoms with Crippen LogP contribution >= 0.6 is 0 Å². The topological polar surface area (TPSA) is 126 Å². The fourth-order valence-corrected chi connectivity index (χ4v) is 3.86. The molecule has 3 rings (SSSR count). The number of amides is 1. The fraction of sp³-hybridized carbons (Fsp3) is 0.308. The van der Waals surface area contributed by atoms with Crippen LogP contribution in [-0.4, -0.2) is 49.9 Å². The van der Waals surface area contributed by atoms with Crippen LogP contribution in [0.3, 0.4) is 0 Å². The summed E-state index contributed by atoms with van der Waals surface area (Å²) < 4.78 is 16.2. The third kappa shape index (κ3) is 5.11. The molecule has 182 valence electrons. The van der Waals surface area contributed by atoms with Crippen LogP contribution in [-0.2, 0) is 4.74 Å². The highest BCUT2D eigenvalue weighted by Crippen LogP contribution is 2.45. The predicted molar refractivity (Wildman–Crippen MR) is 131 cm³/mol. The zero-order valence-corrected chi connectivity index (χ0v) is 20.4. The second kappa shape index (κ2) is 11.2. The maximum Gasteiger partial charge on any atom is 0.356 e. The van der Waals surface area contributed by atoms with E-state index in [1.807, 2.05) is 19.9 Å². The van der Waals surface area contributed by atoms with Gasteiger partial charge in [0.1, 0.15) is 17.2 Å². The molecule has 1 amide bonds. The molecule has 0 saturated carbocycles. The van der Waals surface area contributed by atoms with Crippen molar-refractivity contribution in [3.63, 3.8) is 0 Å². The molecule has 0 bridgehead atoms. The van der Waals surface area contributed by atoms with E-state index in [0.29, 0.717) is 39.4 Å². The zero-order chi connectivity index (χ0) is 25.5. The SMILES string of the molecule is COC(=O)c1[nH]nc(-c2c(OC)cccc2OC)c1-c1ccc(C(=O)NCCC#N)cc1C(C)C. The molecule has 35 heavy (non-hydrogen) atoms. The number of methoxy groups -OCH3 is 3. The Balaban J connectivity index is 2.27. The molecule has 2 aromatic carbocycles. The van der Waals surface area contributed by atoms with Crippen molar-refractivity contribution in [3.8, 4) is 40.0 Å². The Morgan fingerprint density at radius 2 is 1.77 bits per heavy atom. The van der Waals surface area contributed by atoms with Gasteiger partial charge in [0.05, 0.1) is 39.4 Å². The van der Waals surface area contributed by atoms with E-state index >= 15 is 0 Å². The number of hydrogen-bond donors (Lipinski definition) is 2. The number of rotatable bonds is 9. The van der Waals surface area contributed by atoms with Crippen molar-refractivity contribution in [2.24, 2.45) is 0 Å². The largest absolute Gasteiger partial charge is 0.496 e. The lowest BCUT2D eigenvalue weighted by atomic mass is 9.88. The molecule has 9 nitrogen and oxygen atoms in total. The summed E-state index contributed by atoms with van der Waals surface area (Å²) in [5, 5.41) is 18.7. The van der Waals surface area contributed by atoms with Gasteiger partial charge in [-0.1, -0.05) is 26.0 Å². The molecule has 0 aliphatic rings. The van der Waals surface area contributed by atoms with Gasteiger partial charge in [-0.25, -0.2) is 4.79 Å². The van der Waals surface area contributed by atoms with Crippen LogP contribution in [0.4, 0.5) is 0 Å². The van der Waals surface area contributed by atoms with E-state index in [1.54, 1.807) is 50.6 Å². The van der Waals surface area contributed by atoms with E-state index < -0.39 is 5.97 Å². The maximum absolute atomic E-state index is 12.7. The van der Waals surface area contributed by atoms with Crippen LogP contribution in [0.1, 0.15) is 52.6 Å². The first-order chi connectivity index (χ1) is 16.9. The number of carbonyl (C=O) groups excluding carboxylic acids is 2. The van der Waals surface area contributed by atoms with Gasteiger partial charge < -0.3 is 19.5 Å². The third-order valence-corrected chi connectivity index (χ3v) is 5.55. The van der Waals surface area contributed by atoms with Gasteiger partial charge in [0, 0.05) is 17.7 Å². The van der Waals surface area contributed by atoms with Crippen LogP contribution < -0.4 is 14.8 Å². The minimum absolute atomic E-state index is 0.00432. The molecule has 2 N–H and O–H groups in total. The van der Waals surface area contributed by atoms with Crippen molar-refractivity contribution in [2.75, 3.05) is 27.9 Å². The van der Waals surface area contributed by atoms with E-state index in [4.69, 9.17) is 19.5 Å². The number of hydrogen-bond acceptors (Lipinski definition) is 7. The maximum atomic E-state index is 12.7. The van der Waals surface area contributed by atoms with E-state index in [1.165, 1.54) is 7.11 Å². The lowest BCUT2D eigenvalue weighted by Crippen LogP contribution is -2.24. The second-order valence-corrected chi connectivity index (χ2v) is 7.97. The van der Waals surface area contributed by atoms with Crippen LogP contribution in [0.25, 0.3) is 22.4 Å². The average molecular weight is 477 g/mol. The molecule has 0 aliphatic heterocycles. The van der Waals surface area contributed by atoms with Crippen molar-refractivity contribution in [3.05, 3.63) is 53.2 Å². The van der Waals surface area contributed by atoms with Gasteiger partial charge in [0.25, 0.3) is 5.91 Å². The average Bonchev–Trinajstić information content (AvgIpc) is 3.31. The molecule has 1 heterocycles. The van der Waals surface area contributed by atoms with Crippen LogP contribution in [0.5, 0.6) is 11.5 Å². The number of benzene rings is 2. The van der Waals surface area contributed by atoms with Crippen LogP contribution in [0.15, 0.2) is 36.4 Å². The number of nitrogens with zero attached hydrogens (tertiary/aromatic N) is 2. The van der Waals surface area contributed by atoms with E-state index in [9.17, 15) is 9.59 Å². The number of aromatic amines is 1. The summed E-state index contributed by atoms with van der Waals surface area (Å²) in [6, 6.07) is 12.6. The summed E-state index contributed by atoms with van der Waals surface area (Å²) in [4.78, 5) is 25.3. The van der Waals surface area contributed by atoms with E-state index in [0.717, 1.165) is 5.56 Å². The number of nitrogens with one attached hydrogen (secondary N) is 2. The van der Waals surface area contributed by atoms with Gasteiger partial charge >= 0.3 is 5.97 Å². The molecule has 0 spiro atoms. The van der Waals surface area contributed by atoms with Gasteiger partial charge in [-0.2, -0.15) is 10.4 Å². The highest BCUT2D eigenvalue weighted by Gasteiger charge is 2.28. The summed E-state index contributed by atoms with van der Waals surface area (Å²) in [7, 11) is 4.39. The quantitative estimate of drug-likeness (QED) is 0.348. The highest BCUT2D eigenvalue weighted by atomic mass is 16.5. The number of nitriles is 1. The fourth-order valence-electron chi connectivity index (χ4n) is 3.86. The summed E-state index contributed by atoms with van der Waals surface area (Å²) >= 11 is 0. The molecule has 3 aromatic rings. The summed E-state index contributed by atoms with van der Waals surface area (Å²) in [6.07, 6.45) is 0.225. The monoisotopic (exact) mass is 476 g/mol. The Bertz CT molecular complexity index is 1250. The molecule has 0 atom stereocenters. The smallest absolute Gasteiger partial charge is 0.356 e. The Morgan fingerprint density at radius 1 is 1.09 bits per heavy atom.